The summed E-state index contributed by atoms with van der Waals surface area (Å²) in [6, 6.07) is 7.91. The Morgan fingerprint density at radius 1 is 1.38 bits per heavy atom. The van der Waals surface area contributed by atoms with Gasteiger partial charge in [-0.1, -0.05) is 44.9 Å². The summed E-state index contributed by atoms with van der Waals surface area (Å²) in [6.45, 7) is 4.08. The number of nitrogens with one attached hydrogen (secondary N) is 1. The highest BCUT2D eigenvalue weighted by atomic mass is 16.4. The molecule has 0 aliphatic carbocycles. The van der Waals surface area contributed by atoms with Crippen LogP contribution in [0, 0.1) is 5.92 Å². The predicted molar refractivity (Wildman–Crippen MR) is 85.2 cm³/mol. The minimum absolute atomic E-state index is 0.0198. The fourth-order valence-electron chi connectivity index (χ4n) is 3.16. The minimum Gasteiger partial charge on any atom is -0.480 e. The monoisotopic (exact) mass is 288 g/mol. The first kappa shape index (κ1) is 15.6. The van der Waals surface area contributed by atoms with Crippen molar-refractivity contribution in [2.24, 2.45) is 11.7 Å². The van der Waals surface area contributed by atoms with Crippen LogP contribution in [0.1, 0.15) is 38.7 Å². The lowest BCUT2D eigenvalue weighted by Gasteiger charge is -2.33. The molecule has 0 radical (unpaired) electrons. The van der Waals surface area contributed by atoms with Crippen LogP contribution < -0.4 is 5.73 Å². The number of para-hydroxylation sites is 1. The molecule has 0 aliphatic heterocycles. The highest BCUT2D eigenvalue weighted by Crippen LogP contribution is 2.30. The molecule has 0 saturated heterocycles. The Labute approximate surface area is 125 Å². The van der Waals surface area contributed by atoms with Crippen molar-refractivity contribution in [2.75, 3.05) is 0 Å². The lowest BCUT2D eigenvalue weighted by molar-refractivity contribution is -0.145. The molecule has 0 saturated carbocycles. The second kappa shape index (κ2) is 6.31. The number of carboxylic acid groups (broad SMARTS) is 1. The van der Waals surface area contributed by atoms with Crippen molar-refractivity contribution in [3.63, 3.8) is 0 Å². The largest absolute Gasteiger partial charge is 0.480 e. The third kappa shape index (κ3) is 2.95. The highest BCUT2D eigenvalue weighted by Gasteiger charge is 2.41. The molecule has 2 atom stereocenters. The van der Waals surface area contributed by atoms with E-state index >= 15 is 0 Å². The number of benzene rings is 1. The number of carbonyl (C=O) groups is 1. The van der Waals surface area contributed by atoms with E-state index in [4.69, 9.17) is 5.73 Å². The minimum atomic E-state index is -1.21. The molecule has 1 aromatic heterocycles. The number of hydrogen-bond acceptors (Lipinski definition) is 2. The van der Waals surface area contributed by atoms with Crippen molar-refractivity contribution < 1.29 is 9.90 Å². The van der Waals surface area contributed by atoms with Crippen molar-refractivity contribution in [3.05, 3.63) is 36.0 Å². The van der Waals surface area contributed by atoms with E-state index in [9.17, 15) is 9.90 Å². The van der Waals surface area contributed by atoms with Crippen molar-refractivity contribution in [2.45, 2.75) is 45.1 Å². The van der Waals surface area contributed by atoms with Crippen molar-refractivity contribution in [3.8, 4) is 0 Å². The molecule has 1 aromatic carbocycles. The zero-order valence-corrected chi connectivity index (χ0v) is 12.7. The number of H-pyrrole nitrogens is 1. The Morgan fingerprint density at radius 3 is 2.71 bits per heavy atom. The van der Waals surface area contributed by atoms with Crippen LogP contribution in [0.5, 0.6) is 0 Å². The quantitative estimate of drug-likeness (QED) is 0.731. The molecule has 21 heavy (non-hydrogen) atoms. The van der Waals surface area contributed by atoms with Gasteiger partial charge in [0.05, 0.1) is 0 Å². The number of aliphatic carboxylic acids is 1. The van der Waals surface area contributed by atoms with Gasteiger partial charge in [-0.15, -0.1) is 0 Å². The maximum Gasteiger partial charge on any atom is 0.324 e. The van der Waals surface area contributed by atoms with Crippen LogP contribution >= 0.6 is 0 Å². The third-order valence-electron chi connectivity index (χ3n) is 4.41. The average Bonchev–Trinajstić information content (AvgIpc) is 2.87. The Hall–Kier alpha value is -1.81. The van der Waals surface area contributed by atoms with Crippen LogP contribution in [-0.4, -0.2) is 21.6 Å². The van der Waals surface area contributed by atoms with E-state index in [1.165, 1.54) is 0 Å². The Morgan fingerprint density at radius 2 is 2.10 bits per heavy atom. The number of rotatable bonds is 7. The van der Waals surface area contributed by atoms with Crippen LogP contribution in [0.15, 0.2) is 30.5 Å². The molecule has 4 nitrogen and oxygen atoms in total. The summed E-state index contributed by atoms with van der Waals surface area (Å²) >= 11 is 0. The molecule has 2 aromatic rings. The zero-order chi connectivity index (χ0) is 15.5. The molecule has 0 spiro atoms. The van der Waals surface area contributed by atoms with Crippen LogP contribution in [0.3, 0.4) is 0 Å². The van der Waals surface area contributed by atoms with E-state index in [1.807, 2.05) is 37.4 Å². The lowest BCUT2D eigenvalue weighted by atomic mass is 9.76. The highest BCUT2D eigenvalue weighted by molar-refractivity contribution is 5.85. The first-order chi connectivity index (χ1) is 10.0. The first-order valence-corrected chi connectivity index (χ1v) is 7.60. The van der Waals surface area contributed by atoms with Gasteiger partial charge >= 0.3 is 5.97 Å². The van der Waals surface area contributed by atoms with Crippen LogP contribution in [0.4, 0.5) is 0 Å². The normalized spacial score (nSPS) is 15.8. The first-order valence-electron chi connectivity index (χ1n) is 7.60. The van der Waals surface area contributed by atoms with Gasteiger partial charge in [0.1, 0.15) is 5.54 Å². The van der Waals surface area contributed by atoms with Gasteiger partial charge < -0.3 is 15.8 Å². The van der Waals surface area contributed by atoms with E-state index in [2.05, 4.69) is 11.9 Å². The fraction of sp³-hybridized carbons (Fsp3) is 0.471. The summed E-state index contributed by atoms with van der Waals surface area (Å²) in [5.41, 5.74) is 7.13. The summed E-state index contributed by atoms with van der Waals surface area (Å²) in [5.74, 6) is -0.929. The predicted octanol–water partition coefficient (Wildman–Crippen LogP) is 3.32. The van der Waals surface area contributed by atoms with E-state index in [0.29, 0.717) is 6.42 Å². The number of fused-ring (bicyclic) bond motifs is 1. The molecular weight excluding hydrogens is 264 g/mol. The molecule has 0 aliphatic rings. The molecular formula is C17H24N2O2. The van der Waals surface area contributed by atoms with Gasteiger partial charge in [-0.05, 0) is 24.0 Å². The van der Waals surface area contributed by atoms with Gasteiger partial charge in [-0.2, -0.15) is 0 Å². The number of aromatic amines is 1. The molecule has 114 valence electrons. The van der Waals surface area contributed by atoms with Gasteiger partial charge in [0.2, 0.25) is 0 Å². The van der Waals surface area contributed by atoms with E-state index < -0.39 is 11.5 Å². The molecule has 0 bridgehead atoms. The van der Waals surface area contributed by atoms with Gasteiger partial charge in [0, 0.05) is 23.5 Å². The summed E-state index contributed by atoms with van der Waals surface area (Å²) in [4.78, 5) is 15.0. The number of aromatic nitrogens is 1. The average molecular weight is 288 g/mol. The van der Waals surface area contributed by atoms with Crippen molar-refractivity contribution in [1.82, 2.24) is 4.98 Å². The summed E-state index contributed by atoms with van der Waals surface area (Å²) in [7, 11) is 0. The fourth-order valence-corrected chi connectivity index (χ4v) is 3.16. The number of carboxylic acids is 1. The molecule has 2 unspecified atom stereocenters. The lowest BCUT2D eigenvalue weighted by Crippen LogP contribution is -2.55. The topological polar surface area (TPSA) is 79.1 Å². The van der Waals surface area contributed by atoms with E-state index in [-0.39, 0.29) is 5.92 Å². The van der Waals surface area contributed by atoms with E-state index in [0.717, 1.165) is 35.7 Å². The molecule has 0 amide bonds. The summed E-state index contributed by atoms with van der Waals surface area (Å²) < 4.78 is 0. The Bertz CT molecular complexity index is 620. The van der Waals surface area contributed by atoms with Gasteiger partial charge in [-0.25, -0.2) is 0 Å². The second-order valence-corrected chi connectivity index (χ2v) is 5.78. The maximum atomic E-state index is 11.8. The maximum absolute atomic E-state index is 11.8. The van der Waals surface area contributed by atoms with Crippen LogP contribution in [-0.2, 0) is 11.2 Å². The second-order valence-electron chi connectivity index (χ2n) is 5.78. The standard InChI is InChI=1S/C17H24N2O2/c1-3-7-13(4-2)17(18,16(20)21)10-12-11-19-15-9-6-5-8-14(12)15/h5-6,8-9,11,13,19H,3-4,7,10,18H2,1-2H3,(H,20,21). The smallest absolute Gasteiger partial charge is 0.324 e. The van der Waals surface area contributed by atoms with Crippen LogP contribution in [0.25, 0.3) is 10.9 Å². The zero-order valence-electron chi connectivity index (χ0n) is 12.7. The SMILES string of the molecule is CCCC(CC)C(N)(Cc1c[nH]c2ccccc12)C(=O)O. The van der Waals surface area contributed by atoms with Gasteiger partial charge in [-0.3, -0.25) is 4.79 Å². The third-order valence-corrected chi connectivity index (χ3v) is 4.41. The van der Waals surface area contributed by atoms with Gasteiger partial charge in [0.25, 0.3) is 0 Å². The number of nitrogens with two attached hydrogens (primary N) is 1. The van der Waals surface area contributed by atoms with Crippen molar-refractivity contribution in [1.29, 1.82) is 0 Å². The molecule has 0 fully saturated rings. The Balaban J connectivity index is 2.37. The summed E-state index contributed by atoms with van der Waals surface area (Å²) in [5, 5.41) is 10.8. The number of hydrogen-bond donors (Lipinski definition) is 3. The Kier molecular flexibility index (Phi) is 4.68. The molecule has 1 heterocycles. The molecule has 4 N–H and O–H groups in total. The van der Waals surface area contributed by atoms with Crippen molar-refractivity contribution >= 4 is 16.9 Å². The summed E-state index contributed by atoms with van der Waals surface area (Å²) in [6.07, 6.45) is 4.79. The molecule has 2 rings (SSSR count). The van der Waals surface area contributed by atoms with Gasteiger partial charge in [0.15, 0.2) is 0 Å². The van der Waals surface area contributed by atoms with Crippen LogP contribution in [0.2, 0.25) is 0 Å². The van der Waals surface area contributed by atoms with E-state index in [1.54, 1.807) is 0 Å². The molecule has 4 heteroatoms.